The van der Waals surface area contributed by atoms with Gasteiger partial charge in [-0.1, -0.05) is 160 Å². The van der Waals surface area contributed by atoms with Crippen LogP contribution in [0.4, 0.5) is 0 Å². The second kappa shape index (κ2) is 38.6. The third-order valence-corrected chi connectivity index (χ3v) is 9.71. The fraction of sp³-hybridized carbons (Fsp3) is 0.848. The first-order valence-corrected chi connectivity index (χ1v) is 22.5. The van der Waals surface area contributed by atoms with Crippen molar-refractivity contribution in [2.75, 3.05) is 47.5 Å². The van der Waals surface area contributed by atoms with Gasteiger partial charge in [-0.2, -0.15) is 0 Å². The molecule has 0 bridgehead atoms. The number of unbranched alkanes of at least 4 members (excludes halogenated alkanes) is 22. The molecule has 0 radical (unpaired) electrons. The predicted octanol–water partition coefficient (Wildman–Crippen LogP) is 11.7. The van der Waals surface area contributed by atoms with Crippen LogP contribution in [-0.2, 0) is 33.3 Å². The van der Waals surface area contributed by atoms with Crippen LogP contribution in [0.15, 0.2) is 24.3 Å². The quantitative estimate of drug-likeness (QED) is 0.0215. The Morgan fingerprint density at radius 2 is 0.982 bits per heavy atom. The first kappa shape index (κ1) is 52.8. The lowest BCUT2D eigenvalue weighted by atomic mass is 10.1. The standard InChI is InChI=1S/C46H85NO8/c1-6-8-10-12-14-16-18-19-20-21-22-23-24-25-27-29-31-33-35-37-44(49)55-42(41-54-46(45(50)51)52-39-38-47(3,4)5)40-53-43(48)36-34-32-30-28-26-17-15-13-11-9-7-2/h14,16,19-20,42,46H,6-13,15,17-18,21-41H2,1-5H3/p+1/b16-14-,20-19-. The zero-order valence-corrected chi connectivity index (χ0v) is 36.3. The molecule has 0 aromatic carbocycles. The van der Waals surface area contributed by atoms with Gasteiger partial charge in [-0.15, -0.1) is 0 Å². The summed E-state index contributed by atoms with van der Waals surface area (Å²) in [6.07, 6.45) is 38.0. The van der Waals surface area contributed by atoms with Gasteiger partial charge in [-0.3, -0.25) is 9.59 Å². The first-order chi connectivity index (χ1) is 26.6. The lowest BCUT2D eigenvalue weighted by molar-refractivity contribution is -0.870. The Bertz CT molecular complexity index is 960. The summed E-state index contributed by atoms with van der Waals surface area (Å²) in [5, 5.41) is 9.62. The van der Waals surface area contributed by atoms with E-state index in [1.54, 1.807) is 0 Å². The molecule has 0 aromatic rings. The molecule has 0 spiro atoms. The van der Waals surface area contributed by atoms with Gasteiger partial charge in [-0.25, -0.2) is 4.79 Å². The Balaban J connectivity index is 4.39. The molecule has 0 saturated carbocycles. The number of carbonyl (C=O) groups excluding carboxylic acids is 2. The van der Waals surface area contributed by atoms with Gasteiger partial charge in [0.2, 0.25) is 0 Å². The Kier molecular flexibility index (Phi) is 37.1. The number of allylic oxidation sites excluding steroid dienone is 4. The zero-order chi connectivity index (χ0) is 40.7. The van der Waals surface area contributed by atoms with Gasteiger partial charge in [0.15, 0.2) is 6.10 Å². The highest BCUT2D eigenvalue weighted by Gasteiger charge is 2.25. The Labute approximate surface area is 337 Å². The number of esters is 2. The number of nitrogens with zero attached hydrogens (tertiary/aromatic N) is 1. The minimum absolute atomic E-state index is 0.180. The molecule has 0 aromatic heterocycles. The van der Waals surface area contributed by atoms with Crippen LogP contribution in [0.2, 0.25) is 0 Å². The van der Waals surface area contributed by atoms with Crippen molar-refractivity contribution in [1.29, 1.82) is 0 Å². The van der Waals surface area contributed by atoms with Gasteiger partial charge in [0.05, 0.1) is 34.4 Å². The summed E-state index contributed by atoms with van der Waals surface area (Å²) >= 11 is 0. The van der Waals surface area contributed by atoms with E-state index < -0.39 is 24.3 Å². The first-order valence-electron chi connectivity index (χ1n) is 22.5. The molecular formula is C46H86NO8+. The van der Waals surface area contributed by atoms with Crippen LogP contribution in [0.3, 0.4) is 0 Å². The van der Waals surface area contributed by atoms with Gasteiger partial charge < -0.3 is 28.5 Å². The van der Waals surface area contributed by atoms with E-state index in [4.69, 9.17) is 18.9 Å². The third-order valence-electron chi connectivity index (χ3n) is 9.71. The van der Waals surface area contributed by atoms with Crippen molar-refractivity contribution < 1.29 is 42.9 Å². The Morgan fingerprint density at radius 3 is 1.47 bits per heavy atom. The predicted molar refractivity (Wildman–Crippen MR) is 226 cm³/mol. The van der Waals surface area contributed by atoms with E-state index in [0.29, 0.717) is 17.4 Å². The van der Waals surface area contributed by atoms with E-state index in [2.05, 4.69) is 38.2 Å². The summed E-state index contributed by atoms with van der Waals surface area (Å²) < 4.78 is 22.7. The van der Waals surface area contributed by atoms with Crippen molar-refractivity contribution in [3.63, 3.8) is 0 Å². The van der Waals surface area contributed by atoms with Crippen molar-refractivity contribution in [1.82, 2.24) is 0 Å². The number of likely N-dealkylation sites (N-methyl/N-ethyl adjacent to an activating group) is 1. The minimum Gasteiger partial charge on any atom is -0.477 e. The van der Waals surface area contributed by atoms with E-state index >= 15 is 0 Å². The molecule has 0 heterocycles. The summed E-state index contributed by atoms with van der Waals surface area (Å²) in [5.41, 5.74) is 0. The second-order valence-corrected chi connectivity index (χ2v) is 16.4. The maximum Gasteiger partial charge on any atom is 0.361 e. The molecular weight excluding hydrogens is 695 g/mol. The van der Waals surface area contributed by atoms with Gasteiger partial charge in [-0.05, 0) is 44.9 Å². The van der Waals surface area contributed by atoms with Gasteiger partial charge >= 0.3 is 17.9 Å². The van der Waals surface area contributed by atoms with E-state index in [-0.39, 0.29) is 32.2 Å². The SMILES string of the molecule is CCCCC/C=C\C/C=C\CCCCCCCCCCCC(=O)OC(COC(=O)CCCCCCCCCCCCC)COC(OCC[N+](C)(C)C)C(=O)O. The molecule has 9 nitrogen and oxygen atoms in total. The maximum absolute atomic E-state index is 12.8. The number of hydrogen-bond donors (Lipinski definition) is 1. The second-order valence-electron chi connectivity index (χ2n) is 16.4. The zero-order valence-electron chi connectivity index (χ0n) is 36.3. The molecule has 0 aliphatic heterocycles. The lowest BCUT2D eigenvalue weighted by Crippen LogP contribution is -2.40. The molecule has 0 fully saturated rings. The fourth-order valence-electron chi connectivity index (χ4n) is 6.16. The summed E-state index contributed by atoms with van der Waals surface area (Å²) in [5.74, 6) is -2.01. The normalized spacial score (nSPS) is 13.1. The molecule has 2 atom stereocenters. The topological polar surface area (TPSA) is 108 Å². The molecule has 0 rings (SSSR count). The average molecular weight is 781 g/mol. The van der Waals surface area contributed by atoms with E-state index in [1.807, 2.05) is 21.1 Å². The molecule has 1 N–H and O–H groups in total. The molecule has 0 saturated heterocycles. The van der Waals surface area contributed by atoms with E-state index in [9.17, 15) is 19.5 Å². The van der Waals surface area contributed by atoms with Gasteiger partial charge in [0, 0.05) is 12.8 Å². The largest absolute Gasteiger partial charge is 0.477 e. The smallest absolute Gasteiger partial charge is 0.361 e. The summed E-state index contributed by atoms with van der Waals surface area (Å²) in [6, 6.07) is 0. The molecule has 2 unspecified atom stereocenters. The average Bonchev–Trinajstić information content (AvgIpc) is 3.14. The molecule has 0 aliphatic rings. The summed E-state index contributed by atoms with van der Waals surface area (Å²) in [7, 11) is 5.95. The van der Waals surface area contributed by atoms with Crippen molar-refractivity contribution in [2.45, 2.75) is 206 Å². The number of ether oxygens (including phenoxy) is 4. The van der Waals surface area contributed by atoms with E-state index in [0.717, 1.165) is 51.4 Å². The lowest BCUT2D eigenvalue weighted by Gasteiger charge is -2.25. The van der Waals surface area contributed by atoms with Crippen molar-refractivity contribution >= 4 is 17.9 Å². The number of carboxylic acids is 1. The molecule has 55 heavy (non-hydrogen) atoms. The number of hydrogen-bond acceptors (Lipinski definition) is 7. The van der Waals surface area contributed by atoms with Crippen molar-refractivity contribution in [3.8, 4) is 0 Å². The highest BCUT2D eigenvalue weighted by atomic mass is 16.7. The number of carboxylic acid groups (broad SMARTS) is 1. The van der Waals surface area contributed by atoms with Crippen LogP contribution in [0, 0.1) is 0 Å². The minimum atomic E-state index is -1.51. The van der Waals surface area contributed by atoms with Crippen molar-refractivity contribution in [3.05, 3.63) is 24.3 Å². The third kappa shape index (κ3) is 39.8. The maximum atomic E-state index is 12.8. The molecule has 322 valence electrons. The highest BCUT2D eigenvalue weighted by Crippen LogP contribution is 2.15. The monoisotopic (exact) mass is 781 g/mol. The van der Waals surface area contributed by atoms with E-state index in [1.165, 1.54) is 116 Å². The Hall–Kier alpha value is -2.23. The summed E-state index contributed by atoms with van der Waals surface area (Å²) in [4.78, 5) is 37.0. The van der Waals surface area contributed by atoms with Crippen LogP contribution < -0.4 is 0 Å². The molecule has 9 heteroatoms. The number of rotatable bonds is 41. The van der Waals surface area contributed by atoms with Gasteiger partial charge in [0.25, 0.3) is 6.29 Å². The summed E-state index contributed by atoms with van der Waals surface area (Å²) in [6.45, 7) is 4.84. The fourth-order valence-corrected chi connectivity index (χ4v) is 6.16. The number of carbonyl (C=O) groups is 3. The van der Waals surface area contributed by atoms with Crippen LogP contribution in [0.25, 0.3) is 0 Å². The Morgan fingerprint density at radius 1 is 0.545 bits per heavy atom. The van der Waals surface area contributed by atoms with Crippen molar-refractivity contribution in [2.24, 2.45) is 0 Å². The van der Waals surface area contributed by atoms with Crippen LogP contribution in [-0.4, -0.2) is 87.4 Å². The van der Waals surface area contributed by atoms with Crippen LogP contribution in [0.1, 0.15) is 194 Å². The van der Waals surface area contributed by atoms with Crippen LogP contribution >= 0.6 is 0 Å². The van der Waals surface area contributed by atoms with Gasteiger partial charge in [0.1, 0.15) is 13.2 Å². The number of quaternary nitrogens is 1. The highest BCUT2D eigenvalue weighted by molar-refractivity contribution is 5.71. The van der Waals surface area contributed by atoms with Crippen LogP contribution in [0.5, 0.6) is 0 Å². The molecule has 0 amide bonds. The molecule has 0 aliphatic carbocycles. The number of aliphatic carboxylic acids is 1.